The van der Waals surface area contributed by atoms with Crippen LogP contribution in [-0.4, -0.2) is 23.4 Å². The molecule has 0 spiro atoms. The number of nitrogens with two attached hydrogens (primary N) is 1. The molecule has 0 fully saturated rings. The van der Waals surface area contributed by atoms with Crippen LogP contribution in [0.1, 0.15) is 5.56 Å². The Kier molecular flexibility index (Phi) is 3.80. The minimum Gasteiger partial charge on any atom is -0.507 e. The topological polar surface area (TPSA) is 117 Å². The number of amides is 4. The number of rotatable bonds is 2. The number of phenols is 1. The van der Waals surface area contributed by atoms with E-state index in [1.807, 2.05) is 29.7 Å². The lowest BCUT2D eigenvalue weighted by Gasteiger charge is -2.04. The highest BCUT2D eigenvalue weighted by atomic mass is 16.3. The monoisotopic (exact) mass is 272 g/mol. The first-order chi connectivity index (χ1) is 9.58. The molecule has 102 valence electrons. The molecular weight excluding hydrogens is 260 g/mol. The minimum atomic E-state index is -0.980. The van der Waals surface area contributed by atoms with Gasteiger partial charge >= 0.3 is 12.1 Å². The van der Waals surface area contributed by atoms with Gasteiger partial charge in [0.15, 0.2) is 0 Å². The Labute approximate surface area is 114 Å². The van der Waals surface area contributed by atoms with Crippen LogP contribution in [0.2, 0.25) is 0 Å². The molecule has 0 saturated carbocycles. The Morgan fingerprint density at radius 1 is 1.20 bits per heavy atom. The summed E-state index contributed by atoms with van der Waals surface area (Å²) in [4.78, 5) is 21.4. The zero-order valence-electron chi connectivity index (χ0n) is 10.3. The van der Waals surface area contributed by atoms with Gasteiger partial charge in [0.1, 0.15) is 5.75 Å². The fourth-order valence-corrected chi connectivity index (χ4v) is 1.68. The Morgan fingerprint density at radius 2 is 1.95 bits per heavy atom. The summed E-state index contributed by atoms with van der Waals surface area (Å²) in [6.07, 6.45) is 1.27. The van der Waals surface area contributed by atoms with Gasteiger partial charge in [0, 0.05) is 10.9 Å². The molecule has 0 heterocycles. The van der Waals surface area contributed by atoms with E-state index >= 15 is 0 Å². The zero-order chi connectivity index (χ0) is 14.5. The normalized spacial score (nSPS) is 10.6. The molecule has 4 amide bonds. The maximum absolute atomic E-state index is 11.0. The molecule has 2 rings (SSSR count). The largest absolute Gasteiger partial charge is 0.507 e. The van der Waals surface area contributed by atoms with E-state index in [1.54, 1.807) is 17.4 Å². The van der Waals surface area contributed by atoms with Gasteiger partial charge in [0.05, 0.1) is 6.21 Å². The Morgan fingerprint density at radius 3 is 2.70 bits per heavy atom. The van der Waals surface area contributed by atoms with E-state index < -0.39 is 12.1 Å². The summed E-state index contributed by atoms with van der Waals surface area (Å²) in [5, 5.41) is 17.0. The van der Waals surface area contributed by atoms with Crippen molar-refractivity contribution in [2.75, 3.05) is 0 Å². The second-order valence-corrected chi connectivity index (χ2v) is 3.91. The first-order valence-electron chi connectivity index (χ1n) is 5.68. The van der Waals surface area contributed by atoms with Crippen molar-refractivity contribution in [2.24, 2.45) is 10.8 Å². The summed E-state index contributed by atoms with van der Waals surface area (Å²) >= 11 is 0. The van der Waals surface area contributed by atoms with Gasteiger partial charge in [-0.05, 0) is 11.5 Å². The Balaban J connectivity index is 2.16. The predicted octanol–water partition coefficient (Wildman–Crippen LogP) is 1.26. The molecule has 0 radical (unpaired) electrons. The number of nitrogens with zero attached hydrogens (tertiary/aromatic N) is 1. The van der Waals surface area contributed by atoms with Crippen LogP contribution in [-0.2, 0) is 0 Å². The standard InChI is InChI=1S/C13H12N4O3/c14-12(19)16-13(20)17-15-7-9-6-5-8-3-1-2-4-10(8)11(9)18/h1-7,18H,(H4,14,16,17,19,20)/b15-7+. The highest BCUT2D eigenvalue weighted by molar-refractivity contribution is 5.97. The molecule has 7 nitrogen and oxygen atoms in total. The number of benzene rings is 2. The number of phenolic OH excluding ortho intramolecular Hbond substituents is 1. The summed E-state index contributed by atoms with van der Waals surface area (Å²) in [5.41, 5.74) is 7.24. The molecule has 0 aromatic heterocycles. The molecule has 0 saturated heterocycles. The number of urea groups is 2. The van der Waals surface area contributed by atoms with Crippen LogP contribution < -0.4 is 16.5 Å². The number of carbonyl (C=O) groups excluding carboxylic acids is 2. The number of fused-ring (bicyclic) bond motifs is 1. The fourth-order valence-electron chi connectivity index (χ4n) is 1.68. The van der Waals surface area contributed by atoms with Crippen molar-refractivity contribution in [2.45, 2.75) is 0 Å². The molecule has 0 aliphatic heterocycles. The number of aromatic hydroxyl groups is 1. The predicted molar refractivity (Wildman–Crippen MR) is 74.5 cm³/mol. The number of hydrogen-bond donors (Lipinski definition) is 4. The van der Waals surface area contributed by atoms with Crippen LogP contribution in [0.25, 0.3) is 10.8 Å². The molecule has 0 bridgehead atoms. The van der Waals surface area contributed by atoms with Gasteiger partial charge in [0.2, 0.25) is 0 Å². The van der Waals surface area contributed by atoms with Crippen LogP contribution in [0.3, 0.4) is 0 Å². The molecule has 20 heavy (non-hydrogen) atoms. The van der Waals surface area contributed by atoms with Gasteiger partial charge in [0.25, 0.3) is 0 Å². The van der Waals surface area contributed by atoms with Crippen LogP contribution >= 0.6 is 0 Å². The summed E-state index contributed by atoms with van der Waals surface area (Å²) < 4.78 is 0. The minimum absolute atomic E-state index is 0.0592. The van der Waals surface area contributed by atoms with Gasteiger partial charge in [-0.15, -0.1) is 0 Å². The first-order valence-corrected chi connectivity index (χ1v) is 5.68. The average molecular weight is 272 g/mol. The average Bonchev–Trinajstić information content (AvgIpc) is 2.41. The number of carbonyl (C=O) groups is 2. The molecule has 0 aliphatic carbocycles. The van der Waals surface area contributed by atoms with Crippen molar-refractivity contribution in [3.8, 4) is 5.75 Å². The van der Waals surface area contributed by atoms with Gasteiger partial charge < -0.3 is 10.8 Å². The van der Waals surface area contributed by atoms with Crippen molar-refractivity contribution in [1.82, 2.24) is 10.7 Å². The molecule has 2 aromatic rings. The molecule has 0 atom stereocenters. The number of hydrogen-bond acceptors (Lipinski definition) is 4. The van der Waals surface area contributed by atoms with E-state index in [2.05, 4.69) is 5.10 Å². The fraction of sp³-hybridized carbons (Fsp3) is 0. The van der Waals surface area contributed by atoms with E-state index in [0.717, 1.165) is 5.39 Å². The third kappa shape index (κ3) is 3.02. The van der Waals surface area contributed by atoms with Crippen LogP contribution in [0.5, 0.6) is 5.75 Å². The van der Waals surface area contributed by atoms with Crippen molar-refractivity contribution in [3.05, 3.63) is 42.0 Å². The maximum atomic E-state index is 11.0. The van der Waals surface area contributed by atoms with E-state index in [-0.39, 0.29) is 5.75 Å². The molecular formula is C13H12N4O3. The lowest BCUT2D eigenvalue weighted by Crippen LogP contribution is -2.40. The summed E-state index contributed by atoms with van der Waals surface area (Å²) in [5.74, 6) is 0.0592. The van der Waals surface area contributed by atoms with Crippen molar-refractivity contribution in [3.63, 3.8) is 0 Å². The number of nitrogens with one attached hydrogen (secondary N) is 2. The summed E-state index contributed by atoms with van der Waals surface area (Å²) in [6, 6.07) is 8.96. The second-order valence-electron chi connectivity index (χ2n) is 3.91. The van der Waals surface area contributed by atoms with E-state index in [4.69, 9.17) is 5.73 Å². The third-order valence-electron chi connectivity index (χ3n) is 2.54. The van der Waals surface area contributed by atoms with Gasteiger partial charge in [-0.25, -0.2) is 15.0 Å². The van der Waals surface area contributed by atoms with Crippen LogP contribution in [0.4, 0.5) is 9.59 Å². The number of imide groups is 1. The van der Waals surface area contributed by atoms with E-state index in [9.17, 15) is 14.7 Å². The molecule has 7 heteroatoms. The highest BCUT2D eigenvalue weighted by Crippen LogP contribution is 2.27. The van der Waals surface area contributed by atoms with Crippen LogP contribution in [0.15, 0.2) is 41.5 Å². The SMILES string of the molecule is NC(=O)NC(=O)N/N=C/c1ccc2ccccc2c1O. The number of primary amides is 1. The summed E-state index contributed by atoms with van der Waals surface area (Å²) in [7, 11) is 0. The van der Waals surface area contributed by atoms with Crippen LogP contribution in [0, 0.1) is 0 Å². The summed E-state index contributed by atoms with van der Waals surface area (Å²) in [6.45, 7) is 0. The Hall–Kier alpha value is -3.09. The Bertz CT molecular complexity index is 697. The first kappa shape index (κ1) is 13.3. The maximum Gasteiger partial charge on any atom is 0.343 e. The van der Waals surface area contributed by atoms with Crippen molar-refractivity contribution in [1.29, 1.82) is 0 Å². The molecule has 2 aromatic carbocycles. The second kappa shape index (κ2) is 5.70. The van der Waals surface area contributed by atoms with E-state index in [1.165, 1.54) is 6.21 Å². The van der Waals surface area contributed by atoms with Crippen molar-refractivity contribution < 1.29 is 14.7 Å². The lowest BCUT2D eigenvalue weighted by atomic mass is 10.1. The lowest BCUT2D eigenvalue weighted by molar-refractivity contribution is 0.232. The molecule has 0 unspecified atom stereocenters. The quantitative estimate of drug-likeness (QED) is 0.487. The van der Waals surface area contributed by atoms with Gasteiger partial charge in [-0.2, -0.15) is 5.10 Å². The third-order valence-corrected chi connectivity index (χ3v) is 2.54. The van der Waals surface area contributed by atoms with Gasteiger partial charge in [-0.1, -0.05) is 30.3 Å². The van der Waals surface area contributed by atoms with Crippen molar-refractivity contribution >= 4 is 29.0 Å². The smallest absolute Gasteiger partial charge is 0.343 e. The highest BCUT2D eigenvalue weighted by Gasteiger charge is 2.04. The van der Waals surface area contributed by atoms with Gasteiger partial charge in [-0.3, -0.25) is 5.32 Å². The zero-order valence-corrected chi connectivity index (χ0v) is 10.3. The molecule has 5 N–H and O–H groups in total. The molecule has 0 aliphatic rings. The number of hydrazone groups is 1. The van der Waals surface area contributed by atoms with E-state index in [0.29, 0.717) is 10.9 Å².